The molecule has 2 heterocycles. The molecule has 0 unspecified atom stereocenters. The average molecular weight is 440 g/mol. The Morgan fingerprint density at radius 3 is 2.31 bits per heavy atom. The molecule has 32 heavy (non-hydrogen) atoms. The zero-order chi connectivity index (χ0) is 22.2. The summed E-state index contributed by atoms with van der Waals surface area (Å²) in [7, 11) is 0. The quantitative estimate of drug-likeness (QED) is 0.542. The van der Waals surface area contributed by atoms with E-state index in [0.29, 0.717) is 39.7 Å². The molecular formula is C26H18ClN3O2. The van der Waals surface area contributed by atoms with Crippen LogP contribution in [-0.4, -0.2) is 18.4 Å². The summed E-state index contributed by atoms with van der Waals surface area (Å²) in [6, 6.07) is 23.5. The van der Waals surface area contributed by atoms with E-state index in [2.05, 4.69) is 12.1 Å². The van der Waals surface area contributed by atoms with Gasteiger partial charge in [-0.2, -0.15) is 5.26 Å². The molecule has 0 atom stereocenters. The van der Waals surface area contributed by atoms with Crippen molar-refractivity contribution in [2.75, 3.05) is 16.3 Å². The van der Waals surface area contributed by atoms with E-state index in [1.165, 1.54) is 4.90 Å². The van der Waals surface area contributed by atoms with Crippen molar-refractivity contribution in [3.63, 3.8) is 0 Å². The molecular weight excluding hydrogens is 422 g/mol. The third-order valence-corrected chi connectivity index (χ3v) is 6.08. The third-order valence-electron chi connectivity index (χ3n) is 5.83. The van der Waals surface area contributed by atoms with E-state index in [1.54, 1.807) is 48.5 Å². The van der Waals surface area contributed by atoms with Gasteiger partial charge in [0.1, 0.15) is 5.70 Å². The fourth-order valence-corrected chi connectivity index (χ4v) is 4.46. The highest BCUT2D eigenvalue weighted by Gasteiger charge is 2.43. The van der Waals surface area contributed by atoms with Crippen LogP contribution in [0.15, 0.2) is 78.5 Å². The van der Waals surface area contributed by atoms with E-state index in [-0.39, 0.29) is 11.8 Å². The largest absolute Gasteiger partial charge is 0.336 e. The molecule has 0 bridgehead atoms. The SMILES string of the molecule is N#Cc1ccc(N2C(=O)C(c3ccc(Cl)cc3)=C(N3CCCc4ccccc43)C2=O)cc1. The summed E-state index contributed by atoms with van der Waals surface area (Å²) in [5.41, 5.74) is 4.36. The fourth-order valence-electron chi connectivity index (χ4n) is 4.33. The Labute approximate surface area is 190 Å². The van der Waals surface area contributed by atoms with Gasteiger partial charge < -0.3 is 4.90 Å². The first-order chi connectivity index (χ1) is 15.6. The van der Waals surface area contributed by atoms with Crippen molar-refractivity contribution in [1.29, 1.82) is 5.26 Å². The zero-order valence-electron chi connectivity index (χ0n) is 17.1. The topological polar surface area (TPSA) is 64.4 Å². The van der Waals surface area contributed by atoms with Gasteiger partial charge in [0.25, 0.3) is 11.8 Å². The molecule has 0 fully saturated rings. The molecule has 0 saturated heterocycles. The lowest BCUT2D eigenvalue weighted by molar-refractivity contribution is -0.120. The Kier molecular flexibility index (Phi) is 5.01. The molecule has 0 aliphatic carbocycles. The van der Waals surface area contributed by atoms with E-state index in [1.807, 2.05) is 23.1 Å². The molecule has 3 aromatic rings. The van der Waals surface area contributed by atoms with Gasteiger partial charge in [0, 0.05) is 17.3 Å². The van der Waals surface area contributed by atoms with Crippen LogP contribution in [0.4, 0.5) is 11.4 Å². The Balaban J connectivity index is 1.68. The lowest BCUT2D eigenvalue weighted by Gasteiger charge is -2.32. The number of hydrogen-bond donors (Lipinski definition) is 0. The maximum absolute atomic E-state index is 13.7. The number of carbonyl (C=O) groups excluding carboxylic acids is 2. The minimum absolute atomic E-state index is 0.354. The molecule has 156 valence electrons. The normalized spacial score (nSPS) is 15.8. The van der Waals surface area contributed by atoms with E-state index in [9.17, 15) is 9.59 Å². The van der Waals surface area contributed by atoms with Gasteiger partial charge in [0.05, 0.1) is 22.9 Å². The molecule has 2 aliphatic rings. The number of para-hydroxylation sites is 1. The number of nitrogens with zero attached hydrogens (tertiary/aromatic N) is 3. The minimum Gasteiger partial charge on any atom is -0.336 e. The number of benzene rings is 3. The first-order valence-electron chi connectivity index (χ1n) is 10.3. The van der Waals surface area contributed by atoms with Gasteiger partial charge in [-0.1, -0.05) is 41.9 Å². The number of nitriles is 1. The second-order valence-electron chi connectivity index (χ2n) is 7.72. The Hall–Kier alpha value is -3.88. The Bertz CT molecular complexity index is 1300. The Morgan fingerprint density at radius 1 is 0.875 bits per heavy atom. The van der Waals surface area contributed by atoms with E-state index in [0.717, 1.165) is 24.1 Å². The summed E-state index contributed by atoms with van der Waals surface area (Å²) in [5.74, 6) is -0.763. The van der Waals surface area contributed by atoms with Gasteiger partial charge in [-0.3, -0.25) is 9.59 Å². The number of hydrogen-bond acceptors (Lipinski definition) is 4. The fraction of sp³-hybridized carbons (Fsp3) is 0.115. The second-order valence-corrected chi connectivity index (χ2v) is 8.16. The van der Waals surface area contributed by atoms with Gasteiger partial charge in [0.15, 0.2) is 0 Å². The van der Waals surface area contributed by atoms with Crippen molar-refractivity contribution >= 4 is 40.4 Å². The number of halogens is 1. The highest BCUT2D eigenvalue weighted by molar-refractivity contribution is 6.46. The monoisotopic (exact) mass is 439 g/mol. The van der Waals surface area contributed by atoms with Crippen LogP contribution < -0.4 is 9.80 Å². The van der Waals surface area contributed by atoms with E-state index in [4.69, 9.17) is 16.9 Å². The van der Waals surface area contributed by atoms with Crippen molar-refractivity contribution in [2.24, 2.45) is 0 Å². The summed E-state index contributed by atoms with van der Waals surface area (Å²) in [6.07, 6.45) is 1.81. The predicted octanol–water partition coefficient (Wildman–Crippen LogP) is 4.95. The average Bonchev–Trinajstić information content (AvgIpc) is 3.09. The highest BCUT2D eigenvalue weighted by atomic mass is 35.5. The first kappa shape index (κ1) is 20.0. The van der Waals surface area contributed by atoms with Gasteiger partial charge in [-0.15, -0.1) is 0 Å². The minimum atomic E-state index is -0.389. The number of rotatable bonds is 3. The van der Waals surface area contributed by atoms with Crippen molar-refractivity contribution in [2.45, 2.75) is 12.8 Å². The van der Waals surface area contributed by atoms with Gasteiger partial charge in [-0.05, 0) is 66.4 Å². The maximum Gasteiger partial charge on any atom is 0.282 e. The standard InChI is InChI=1S/C26H18ClN3O2/c27-20-11-9-19(10-12-20)23-24(29-15-3-5-18-4-1-2-6-22(18)29)26(32)30(25(23)31)21-13-7-17(16-28)8-14-21/h1-2,4,6-14H,3,5,15H2. The van der Waals surface area contributed by atoms with Crippen molar-refractivity contribution in [1.82, 2.24) is 0 Å². The molecule has 0 spiro atoms. The molecule has 5 nitrogen and oxygen atoms in total. The van der Waals surface area contributed by atoms with Gasteiger partial charge in [-0.25, -0.2) is 4.90 Å². The van der Waals surface area contributed by atoms with Crippen LogP contribution in [0, 0.1) is 11.3 Å². The lowest BCUT2D eigenvalue weighted by atomic mass is 9.98. The van der Waals surface area contributed by atoms with Crippen LogP contribution in [0.5, 0.6) is 0 Å². The smallest absolute Gasteiger partial charge is 0.282 e. The predicted molar refractivity (Wildman–Crippen MR) is 124 cm³/mol. The van der Waals surface area contributed by atoms with Crippen LogP contribution in [0.3, 0.4) is 0 Å². The van der Waals surface area contributed by atoms with Crippen molar-refractivity contribution in [3.05, 3.63) is 100 Å². The van der Waals surface area contributed by atoms with E-state index >= 15 is 0 Å². The van der Waals surface area contributed by atoms with Crippen molar-refractivity contribution in [3.8, 4) is 6.07 Å². The van der Waals surface area contributed by atoms with Crippen LogP contribution in [0.1, 0.15) is 23.1 Å². The second kappa shape index (κ2) is 7.99. The summed E-state index contributed by atoms with van der Waals surface area (Å²) < 4.78 is 0. The number of anilines is 2. The van der Waals surface area contributed by atoms with Crippen molar-refractivity contribution < 1.29 is 9.59 Å². The lowest BCUT2D eigenvalue weighted by Crippen LogP contribution is -2.37. The zero-order valence-corrected chi connectivity index (χ0v) is 17.8. The van der Waals surface area contributed by atoms with Crippen LogP contribution in [-0.2, 0) is 16.0 Å². The summed E-state index contributed by atoms with van der Waals surface area (Å²) in [5, 5.41) is 9.65. The molecule has 0 aromatic heterocycles. The molecule has 2 amide bonds. The molecule has 5 rings (SSSR count). The third kappa shape index (κ3) is 3.26. The number of fused-ring (bicyclic) bond motifs is 1. The molecule has 0 radical (unpaired) electrons. The molecule has 0 saturated carbocycles. The van der Waals surface area contributed by atoms with Crippen LogP contribution in [0.25, 0.3) is 5.57 Å². The van der Waals surface area contributed by atoms with Gasteiger partial charge in [0.2, 0.25) is 0 Å². The number of imide groups is 1. The number of amides is 2. The first-order valence-corrected chi connectivity index (χ1v) is 10.7. The van der Waals surface area contributed by atoms with Crippen LogP contribution >= 0.6 is 11.6 Å². The number of carbonyl (C=O) groups is 2. The molecule has 0 N–H and O–H groups in total. The summed E-state index contributed by atoms with van der Waals surface area (Å²) in [6.45, 7) is 0.643. The Morgan fingerprint density at radius 2 is 1.59 bits per heavy atom. The molecule has 2 aliphatic heterocycles. The maximum atomic E-state index is 13.7. The highest BCUT2D eigenvalue weighted by Crippen LogP contribution is 2.39. The van der Waals surface area contributed by atoms with Crippen LogP contribution in [0.2, 0.25) is 5.02 Å². The molecule has 6 heteroatoms. The van der Waals surface area contributed by atoms with E-state index < -0.39 is 0 Å². The number of aryl methyl sites for hydroxylation is 1. The summed E-state index contributed by atoms with van der Waals surface area (Å²) >= 11 is 6.07. The summed E-state index contributed by atoms with van der Waals surface area (Å²) in [4.78, 5) is 30.5. The van der Waals surface area contributed by atoms with Gasteiger partial charge >= 0.3 is 0 Å². The molecule has 3 aromatic carbocycles.